The number of benzene rings is 2. The van der Waals surface area contributed by atoms with Crippen LogP contribution in [-0.2, 0) is 27.2 Å². The molecule has 8 heteroatoms. The van der Waals surface area contributed by atoms with E-state index in [0.29, 0.717) is 37.9 Å². The summed E-state index contributed by atoms with van der Waals surface area (Å²) < 4.78 is 6.92. The molecule has 2 spiro atoms. The molecular weight excluding hydrogens is 616 g/mol. The molecule has 1 atom stereocenters. The molecule has 0 aliphatic heterocycles. The highest BCUT2D eigenvalue weighted by Gasteiger charge is 2.49. The molecule has 6 nitrogen and oxygen atoms in total. The van der Waals surface area contributed by atoms with Crippen molar-refractivity contribution in [1.82, 2.24) is 0 Å². The van der Waals surface area contributed by atoms with Crippen LogP contribution in [0.1, 0.15) is 83.7 Å². The number of hydrogen-bond acceptors (Lipinski definition) is 6. The molecule has 4 aliphatic carbocycles. The van der Waals surface area contributed by atoms with E-state index in [1.807, 2.05) is 36.4 Å². The smallest absolute Gasteiger partial charge is 0.307 e. The summed E-state index contributed by atoms with van der Waals surface area (Å²) in [5, 5.41) is 9.89. The molecule has 0 radical (unpaired) electrons. The average molecular weight is 644 g/mol. The molecule has 2 aromatic rings. The Morgan fingerprint density at radius 1 is 0.789 bits per heavy atom. The summed E-state index contributed by atoms with van der Waals surface area (Å²) in [7, 11) is 0. The van der Waals surface area contributed by atoms with E-state index in [1.54, 1.807) is 0 Å². The minimum absolute atomic E-state index is 0.0796. The van der Waals surface area contributed by atoms with Gasteiger partial charge in [0.05, 0.1) is 0 Å². The van der Waals surface area contributed by atoms with Gasteiger partial charge in [-0.3, -0.25) is 19.2 Å². The number of carbonyl (C=O) groups excluding carboxylic acids is 4. The summed E-state index contributed by atoms with van der Waals surface area (Å²) in [5.41, 5.74) is 2.90. The lowest BCUT2D eigenvalue weighted by Crippen LogP contribution is -2.33. The van der Waals surface area contributed by atoms with Crippen LogP contribution in [-0.4, -0.2) is 28.4 Å². The Hall–Kier alpha value is -2.58. The van der Waals surface area contributed by atoms with Crippen LogP contribution in [0.3, 0.4) is 0 Å². The van der Waals surface area contributed by atoms with Crippen molar-refractivity contribution in [3.8, 4) is 0 Å². The van der Waals surface area contributed by atoms with Gasteiger partial charge in [-0.15, -0.1) is 0 Å². The second kappa shape index (κ2) is 10.2. The lowest BCUT2D eigenvalue weighted by Gasteiger charge is -2.32. The molecule has 2 aromatic carbocycles. The topological polar surface area (TPSA) is 97.7 Å². The standard InChI is InChI=1S/C16H15BrO4.C14H13BrO2/c1-9(18)21-14-8-16(5-4-13(14)19)7-10-2-3-11(17)6-12(10)15(16)20;15-10-2-1-9-8-14(13(17)12(9)7-10)5-3-11(16)4-6-14/h2-3,6,19H,4-5,7-8H2,1H3;1-2,7H,3-6,8H2. The van der Waals surface area contributed by atoms with E-state index in [9.17, 15) is 24.3 Å². The predicted molar refractivity (Wildman–Crippen MR) is 148 cm³/mol. The Labute approximate surface area is 238 Å². The number of fused-ring (bicyclic) bond motifs is 2. The monoisotopic (exact) mass is 642 g/mol. The highest BCUT2D eigenvalue weighted by Crippen LogP contribution is 2.49. The zero-order valence-electron chi connectivity index (χ0n) is 21.1. The maximum Gasteiger partial charge on any atom is 0.307 e. The molecule has 0 amide bonds. The van der Waals surface area contributed by atoms with Gasteiger partial charge in [-0.25, -0.2) is 0 Å². The largest absolute Gasteiger partial charge is 0.509 e. The van der Waals surface area contributed by atoms with Crippen LogP contribution in [0, 0.1) is 10.8 Å². The number of esters is 1. The Bertz CT molecular complexity index is 1400. The summed E-state index contributed by atoms with van der Waals surface area (Å²) in [6.07, 6.45) is 5.28. The minimum atomic E-state index is -0.583. The van der Waals surface area contributed by atoms with Gasteiger partial charge in [-0.05, 0) is 67.5 Å². The van der Waals surface area contributed by atoms with Crippen LogP contribution in [0.25, 0.3) is 0 Å². The quantitative estimate of drug-likeness (QED) is 0.336. The molecule has 38 heavy (non-hydrogen) atoms. The van der Waals surface area contributed by atoms with Crippen LogP contribution in [0.2, 0.25) is 0 Å². The van der Waals surface area contributed by atoms with Crippen molar-refractivity contribution in [3.63, 3.8) is 0 Å². The first-order valence-electron chi connectivity index (χ1n) is 12.8. The summed E-state index contributed by atoms with van der Waals surface area (Å²) in [4.78, 5) is 47.8. The molecular formula is C30H28Br2O6. The molecule has 1 unspecified atom stereocenters. The van der Waals surface area contributed by atoms with E-state index >= 15 is 0 Å². The van der Waals surface area contributed by atoms with E-state index in [2.05, 4.69) is 31.9 Å². The van der Waals surface area contributed by atoms with Gasteiger partial charge in [0.15, 0.2) is 11.6 Å². The third kappa shape index (κ3) is 4.93. The van der Waals surface area contributed by atoms with Crippen LogP contribution < -0.4 is 0 Å². The number of Topliss-reactive ketones (excluding diaryl/α,β-unsaturated/α-hetero) is 3. The van der Waals surface area contributed by atoms with Gasteiger partial charge in [-0.2, -0.15) is 0 Å². The van der Waals surface area contributed by atoms with Crippen molar-refractivity contribution >= 4 is 55.2 Å². The van der Waals surface area contributed by atoms with Crippen LogP contribution >= 0.6 is 31.9 Å². The Morgan fingerprint density at radius 2 is 1.29 bits per heavy atom. The van der Waals surface area contributed by atoms with Crippen LogP contribution in [0.4, 0.5) is 0 Å². The van der Waals surface area contributed by atoms with E-state index in [-0.39, 0.29) is 34.9 Å². The van der Waals surface area contributed by atoms with Crippen LogP contribution in [0.5, 0.6) is 0 Å². The fourth-order valence-corrected chi connectivity index (χ4v) is 7.03. The summed E-state index contributed by atoms with van der Waals surface area (Å²) >= 11 is 6.80. The van der Waals surface area contributed by atoms with Gasteiger partial charge in [-0.1, -0.05) is 44.0 Å². The molecule has 4 aliphatic rings. The first kappa shape index (κ1) is 27.0. The first-order chi connectivity index (χ1) is 18.0. The maximum atomic E-state index is 12.8. The van der Waals surface area contributed by atoms with E-state index in [1.165, 1.54) is 6.92 Å². The van der Waals surface area contributed by atoms with Gasteiger partial charge < -0.3 is 9.84 Å². The number of halogens is 2. The number of carbonyl (C=O) groups is 4. The number of rotatable bonds is 1. The van der Waals surface area contributed by atoms with Gasteiger partial charge in [0.1, 0.15) is 17.3 Å². The third-order valence-corrected chi connectivity index (χ3v) is 9.33. The number of ether oxygens (including phenoxy) is 1. The molecule has 0 heterocycles. The molecule has 6 rings (SSSR count). The average Bonchev–Trinajstić information content (AvgIpc) is 3.29. The normalized spacial score (nSPS) is 23.3. The van der Waals surface area contributed by atoms with E-state index in [0.717, 1.165) is 50.5 Å². The van der Waals surface area contributed by atoms with Gasteiger partial charge >= 0.3 is 5.97 Å². The number of aliphatic hydroxyl groups excluding tert-OH is 1. The fourth-order valence-electron chi connectivity index (χ4n) is 6.31. The molecule has 1 fully saturated rings. The molecule has 1 saturated carbocycles. The van der Waals surface area contributed by atoms with Crippen molar-refractivity contribution < 1.29 is 29.0 Å². The molecule has 1 N–H and O–H groups in total. The Morgan fingerprint density at radius 3 is 1.84 bits per heavy atom. The molecule has 198 valence electrons. The molecule has 0 aromatic heterocycles. The van der Waals surface area contributed by atoms with Crippen molar-refractivity contribution in [2.75, 3.05) is 0 Å². The number of allylic oxidation sites excluding steroid dienone is 2. The maximum absolute atomic E-state index is 12.8. The minimum Gasteiger partial charge on any atom is -0.509 e. The zero-order chi connectivity index (χ0) is 27.2. The summed E-state index contributed by atoms with van der Waals surface area (Å²) in [5.74, 6) is 0.492. The number of aliphatic hydroxyl groups is 1. The van der Waals surface area contributed by atoms with E-state index in [4.69, 9.17) is 4.74 Å². The van der Waals surface area contributed by atoms with Gasteiger partial charge in [0.2, 0.25) is 0 Å². The molecule has 0 bridgehead atoms. The lowest BCUT2D eigenvalue weighted by molar-refractivity contribution is -0.138. The Kier molecular flexibility index (Phi) is 7.24. The van der Waals surface area contributed by atoms with Crippen molar-refractivity contribution in [2.24, 2.45) is 10.8 Å². The number of ketones is 3. The zero-order valence-corrected chi connectivity index (χ0v) is 24.2. The first-order valence-corrected chi connectivity index (χ1v) is 14.4. The summed E-state index contributed by atoms with van der Waals surface area (Å²) in [6.45, 7) is 1.30. The van der Waals surface area contributed by atoms with E-state index < -0.39 is 11.4 Å². The van der Waals surface area contributed by atoms with Gasteiger partial charge in [0.25, 0.3) is 0 Å². The third-order valence-electron chi connectivity index (χ3n) is 8.35. The van der Waals surface area contributed by atoms with Crippen molar-refractivity contribution in [2.45, 2.75) is 64.7 Å². The highest BCUT2D eigenvalue weighted by molar-refractivity contribution is 9.10. The number of hydrogen-bond donors (Lipinski definition) is 1. The van der Waals surface area contributed by atoms with Gasteiger partial charge in [0, 0.05) is 63.5 Å². The predicted octanol–water partition coefficient (Wildman–Crippen LogP) is 7.01. The summed E-state index contributed by atoms with van der Waals surface area (Å²) in [6, 6.07) is 11.7. The molecule has 0 saturated heterocycles. The SMILES string of the molecule is CC(=O)OC1=C(O)CCC2(C1)Cc1ccc(Br)cc1C2=O.O=C1CCC2(CC1)Cc1ccc(Br)cc1C2=O. The lowest BCUT2D eigenvalue weighted by atomic mass is 9.71. The van der Waals surface area contributed by atoms with Crippen molar-refractivity contribution in [1.29, 1.82) is 0 Å². The fraction of sp³-hybridized carbons (Fsp3) is 0.400. The van der Waals surface area contributed by atoms with Crippen molar-refractivity contribution in [3.05, 3.63) is 79.1 Å². The second-order valence-electron chi connectivity index (χ2n) is 10.9. The highest BCUT2D eigenvalue weighted by atomic mass is 79.9. The van der Waals surface area contributed by atoms with Crippen LogP contribution in [0.15, 0.2) is 56.9 Å². The second-order valence-corrected chi connectivity index (χ2v) is 12.7. The Balaban J connectivity index is 0.000000158.